The van der Waals surface area contributed by atoms with Crippen LogP contribution in [0.2, 0.25) is 0 Å². The highest BCUT2D eigenvalue weighted by atomic mass is 19.3. The molecule has 2 atom stereocenters. The molecule has 0 fully saturated rings. The number of ether oxygens (including phenoxy) is 1. The molecular formula is C66H82F2N14O11. The zero-order chi connectivity index (χ0) is 67.2. The number of rotatable bonds is 32. The zero-order valence-electron chi connectivity index (χ0n) is 52.7. The Kier molecular flexibility index (Phi) is 25.7. The molecular weight excluding hydrogens is 1200 g/mol. The maximum absolute atomic E-state index is 15.0. The first kappa shape index (κ1) is 70.5. The largest absolute Gasteiger partial charge is 0.445 e. The number of anilines is 2. The Labute approximate surface area is 538 Å². The van der Waals surface area contributed by atoms with E-state index in [-0.39, 0.29) is 86.3 Å². The number of unbranched alkanes of at least 4 members (excludes halogenated alkanes) is 2. The number of imide groups is 1. The van der Waals surface area contributed by atoms with Crippen LogP contribution in [0.15, 0.2) is 102 Å². The highest BCUT2D eigenvalue weighted by Crippen LogP contribution is 2.30. The topological polar surface area (TPSA) is 351 Å². The number of amides is 11. The van der Waals surface area contributed by atoms with Crippen molar-refractivity contribution in [3.63, 3.8) is 0 Å². The third-order valence-electron chi connectivity index (χ3n) is 15.4. The first-order valence-corrected chi connectivity index (χ1v) is 31.2. The number of amidine groups is 1. The monoisotopic (exact) mass is 1280 g/mol. The molecule has 0 saturated carbocycles. The number of carbonyl (C=O) groups excluding carboxylic acids is 10. The van der Waals surface area contributed by atoms with E-state index in [1.54, 1.807) is 56.5 Å². The molecule has 4 aromatic rings. The summed E-state index contributed by atoms with van der Waals surface area (Å²) in [6.45, 7) is 8.27. The lowest BCUT2D eigenvalue weighted by Crippen LogP contribution is -2.54. The van der Waals surface area contributed by atoms with Crippen LogP contribution in [0.1, 0.15) is 134 Å². The number of nitrogens with zero attached hydrogens (tertiary/aromatic N) is 5. The number of urea groups is 1. The summed E-state index contributed by atoms with van der Waals surface area (Å²) in [5, 5.41) is 17.8. The molecule has 3 aliphatic rings. The summed E-state index contributed by atoms with van der Waals surface area (Å²) in [6.07, 6.45) is 9.05. The van der Waals surface area contributed by atoms with Gasteiger partial charge in [-0.2, -0.15) is 0 Å². The molecule has 11 amide bonds. The van der Waals surface area contributed by atoms with Crippen LogP contribution in [-0.4, -0.2) is 149 Å². The number of fused-ring (bicyclic) bond motifs is 2. The number of alkyl carbamates (subject to hydrolysis) is 1. The molecule has 3 aromatic carbocycles. The van der Waals surface area contributed by atoms with Crippen LogP contribution in [0.4, 0.5) is 35.4 Å². The number of aliphatic imine (C=N–C) groups is 1. The maximum Gasteiger partial charge on any atom is 0.407 e. The molecule has 3 aliphatic heterocycles. The second kappa shape index (κ2) is 33.9. The van der Waals surface area contributed by atoms with Crippen LogP contribution in [0, 0.1) is 5.92 Å². The molecule has 4 heterocycles. The average Bonchev–Trinajstić information content (AvgIpc) is 1.81. The van der Waals surface area contributed by atoms with Crippen molar-refractivity contribution in [1.29, 1.82) is 0 Å². The number of nitrogens with two attached hydrogens (primary N) is 2. The molecule has 93 heavy (non-hydrogen) atoms. The Bertz CT molecular complexity index is 3460. The van der Waals surface area contributed by atoms with Gasteiger partial charge in [0.05, 0.1) is 30.7 Å². The van der Waals surface area contributed by atoms with Crippen LogP contribution in [0.25, 0.3) is 6.08 Å². The van der Waals surface area contributed by atoms with Gasteiger partial charge in [-0.25, -0.2) is 23.4 Å². The number of halogens is 2. The van der Waals surface area contributed by atoms with Crippen molar-refractivity contribution in [3.8, 4) is 0 Å². The Morgan fingerprint density at radius 2 is 1.45 bits per heavy atom. The van der Waals surface area contributed by atoms with Gasteiger partial charge in [0.25, 0.3) is 29.6 Å². The lowest BCUT2D eigenvalue weighted by molar-refractivity contribution is -0.137. The zero-order valence-corrected chi connectivity index (χ0v) is 52.7. The summed E-state index contributed by atoms with van der Waals surface area (Å²) in [4.78, 5) is 142. The molecule has 7 rings (SSSR count). The standard InChI is InChI=1S/C66H82F2N14O11/c1-5-27-81(28-6-2)63(90)47-31-45-19-20-46(33-53(45)77-54(69)34-47)60(87)76-50-32-48-37-80(30-25-51(48)72-35-50)36-42-13-17-44(18-14-42)59(86)73-39-66(67,68)40-74-65(92)93-38-43-15-21-49(22-16-43)75-61(88)52(11-10-26-71-64(70)91)78-62(89)58(41(3)4)79-55(83)12-8-7-9-29-82-56(84)23-24-57(82)85/h13-24,31-33,35,41,52,58H,5-12,25-30,34,36-40H2,1-4H3,(H2,69,77)(H,73,86)(H,74,92)(H,75,88)(H,76,87)(H,78,89)(H,79,83)(H3,70,71,91). The predicted octanol–water partition coefficient (Wildman–Crippen LogP) is 6.11. The molecule has 0 aliphatic carbocycles. The number of carbonyl (C=O) groups is 10. The lowest BCUT2D eigenvalue weighted by Gasteiger charge is -2.28. The first-order valence-electron chi connectivity index (χ1n) is 31.2. The van der Waals surface area contributed by atoms with E-state index in [0.29, 0.717) is 97.7 Å². The van der Waals surface area contributed by atoms with Crippen LogP contribution in [0.5, 0.6) is 0 Å². The predicted molar refractivity (Wildman–Crippen MR) is 344 cm³/mol. The Morgan fingerprint density at radius 3 is 2.14 bits per heavy atom. The van der Waals surface area contributed by atoms with Gasteiger partial charge in [-0.1, -0.05) is 64.4 Å². The van der Waals surface area contributed by atoms with E-state index in [4.69, 9.17) is 16.2 Å². The number of nitrogens with one attached hydrogen (secondary N) is 7. The number of pyridine rings is 1. The fraction of sp³-hybridized carbons (Fsp3) is 0.424. The third-order valence-corrected chi connectivity index (χ3v) is 15.4. The van der Waals surface area contributed by atoms with Gasteiger partial charge in [-0.05, 0) is 110 Å². The van der Waals surface area contributed by atoms with E-state index >= 15 is 0 Å². The molecule has 11 N–H and O–H groups in total. The molecule has 0 bridgehead atoms. The van der Waals surface area contributed by atoms with Gasteiger partial charge in [-0.15, -0.1) is 0 Å². The summed E-state index contributed by atoms with van der Waals surface area (Å²) in [5.41, 5.74) is 17.6. The Balaban J connectivity index is 0.815. The summed E-state index contributed by atoms with van der Waals surface area (Å²) in [6, 6.07) is 16.6. The van der Waals surface area contributed by atoms with E-state index in [1.165, 1.54) is 48.6 Å². The fourth-order valence-corrected chi connectivity index (χ4v) is 10.5. The smallest absolute Gasteiger partial charge is 0.407 e. The molecule has 0 saturated heterocycles. The van der Waals surface area contributed by atoms with Gasteiger partial charge in [0.1, 0.15) is 24.5 Å². The SMILES string of the molecule is CCCN(CCC)C(=O)C1=Cc2ccc(C(=O)Nc3cnc4c(c3)CN(Cc3ccc(C(=O)NCC(F)(F)CNC(=O)OCc5ccc(NC(=O)C(CCCNC(N)=O)NC(=O)C(NC(=O)CCCCCN6C(=O)C=CC6=O)C(C)C)cc5)cc3)CC4)cc2N=C(N)C1. The molecule has 0 radical (unpaired) electrons. The minimum atomic E-state index is -3.56. The van der Waals surface area contributed by atoms with Crippen molar-refractivity contribution >= 4 is 88.4 Å². The number of hydrogen-bond donors (Lipinski definition) is 9. The highest BCUT2D eigenvalue weighted by molar-refractivity contribution is 6.13. The van der Waals surface area contributed by atoms with Crippen molar-refractivity contribution in [1.82, 2.24) is 46.3 Å². The Hall–Kier alpha value is -9.92. The van der Waals surface area contributed by atoms with E-state index < -0.39 is 66.8 Å². The number of primary amides is 1. The molecule has 25 nitrogen and oxygen atoms in total. The van der Waals surface area contributed by atoms with Crippen LogP contribution in [0.3, 0.4) is 0 Å². The molecule has 1 aromatic heterocycles. The number of hydrogen-bond acceptors (Lipinski definition) is 15. The van der Waals surface area contributed by atoms with Crippen LogP contribution < -0.4 is 48.7 Å². The third kappa shape index (κ3) is 21.6. The van der Waals surface area contributed by atoms with Crippen LogP contribution >= 0.6 is 0 Å². The minimum Gasteiger partial charge on any atom is -0.445 e. The molecule has 27 heteroatoms. The van der Waals surface area contributed by atoms with Gasteiger partial charge in [0.15, 0.2) is 0 Å². The highest BCUT2D eigenvalue weighted by Gasteiger charge is 2.32. The fourth-order valence-electron chi connectivity index (χ4n) is 10.5. The normalized spacial score (nSPS) is 14.3. The lowest BCUT2D eigenvalue weighted by atomic mass is 10.0. The summed E-state index contributed by atoms with van der Waals surface area (Å²) in [7, 11) is 0. The van der Waals surface area contributed by atoms with Crippen molar-refractivity contribution in [2.75, 3.05) is 56.4 Å². The Morgan fingerprint density at radius 1 is 0.763 bits per heavy atom. The first-order chi connectivity index (χ1) is 44.5. The van der Waals surface area contributed by atoms with E-state index in [0.717, 1.165) is 34.6 Å². The van der Waals surface area contributed by atoms with Gasteiger partial charge in [-0.3, -0.25) is 53.1 Å². The van der Waals surface area contributed by atoms with Gasteiger partial charge >= 0.3 is 12.1 Å². The molecule has 2 unspecified atom stereocenters. The summed E-state index contributed by atoms with van der Waals surface area (Å²) < 4.78 is 35.1. The van der Waals surface area contributed by atoms with E-state index in [9.17, 15) is 56.7 Å². The number of aromatic nitrogens is 1. The number of alkyl halides is 2. The summed E-state index contributed by atoms with van der Waals surface area (Å²) in [5.74, 6) is -7.27. The van der Waals surface area contributed by atoms with Gasteiger partial charge < -0.3 is 58.3 Å². The second-order valence-corrected chi connectivity index (χ2v) is 23.4. The minimum absolute atomic E-state index is 0.0677. The molecule has 0 spiro atoms. The van der Waals surface area contributed by atoms with Crippen molar-refractivity contribution < 1.29 is 61.5 Å². The maximum atomic E-state index is 15.0. The van der Waals surface area contributed by atoms with Crippen molar-refractivity contribution in [2.45, 2.75) is 130 Å². The quantitative estimate of drug-likeness (QED) is 0.0197. The van der Waals surface area contributed by atoms with Crippen LogP contribution in [-0.2, 0) is 59.6 Å². The average molecular weight is 1290 g/mol. The molecule has 496 valence electrons. The van der Waals surface area contributed by atoms with E-state index in [1.807, 2.05) is 30.1 Å². The van der Waals surface area contributed by atoms with Gasteiger partial charge in [0.2, 0.25) is 23.6 Å². The second-order valence-electron chi connectivity index (χ2n) is 23.4. The summed E-state index contributed by atoms with van der Waals surface area (Å²) >= 11 is 0. The van der Waals surface area contributed by atoms with Crippen molar-refractivity contribution in [2.24, 2.45) is 22.4 Å². The van der Waals surface area contributed by atoms with Gasteiger partial charge in [0, 0.05) is 111 Å². The van der Waals surface area contributed by atoms with E-state index in [2.05, 4.69) is 46.8 Å². The van der Waals surface area contributed by atoms with Crippen molar-refractivity contribution in [3.05, 3.63) is 136 Å². The number of benzene rings is 3.